The molecule has 1 aromatic carbocycles. The number of ether oxygens (including phenoxy) is 1. The summed E-state index contributed by atoms with van der Waals surface area (Å²) in [4.78, 5) is 14.8. The van der Waals surface area contributed by atoms with E-state index in [1.54, 1.807) is 0 Å². The van der Waals surface area contributed by atoms with Gasteiger partial charge in [0.25, 0.3) is 5.91 Å². The van der Waals surface area contributed by atoms with Crippen LogP contribution in [-0.4, -0.2) is 49.7 Å². The van der Waals surface area contributed by atoms with Crippen LogP contribution in [0.3, 0.4) is 0 Å². The first kappa shape index (κ1) is 20.4. The maximum Gasteiger partial charge on any atom is 0.252 e. The lowest BCUT2D eigenvalue weighted by Gasteiger charge is -2.38. The van der Waals surface area contributed by atoms with Crippen LogP contribution >= 0.6 is 23.2 Å². The third-order valence-corrected chi connectivity index (χ3v) is 5.44. The number of halogens is 3. The molecule has 1 amide bonds. The minimum Gasteiger partial charge on any atom is -0.379 e. The van der Waals surface area contributed by atoms with Crippen LogP contribution in [0.2, 0.25) is 10.0 Å². The van der Waals surface area contributed by atoms with Gasteiger partial charge in [-0.05, 0) is 18.1 Å². The van der Waals surface area contributed by atoms with Gasteiger partial charge < -0.3 is 10.1 Å². The molecule has 1 heterocycles. The fourth-order valence-corrected chi connectivity index (χ4v) is 3.79. The van der Waals surface area contributed by atoms with E-state index in [2.05, 4.69) is 24.1 Å². The molecular formula is C18H25Cl2FN2O2. The molecule has 1 fully saturated rings. The number of hydrogen-bond acceptors (Lipinski definition) is 3. The van der Waals surface area contributed by atoms with Gasteiger partial charge in [-0.1, -0.05) is 49.9 Å². The summed E-state index contributed by atoms with van der Waals surface area (Å²) in [6.07, 6.45) is 2.06. The van der Waals surface area contributed by atoms with Crippen molar-refractivity contribution in [2.75, 3.05) is 32.8 Å². The fraction of sp³-hybridized carbons (Fsp3) is 0.611. The number of carbonyl (C=O) groups is 1. The molecule has 0 bridgehead atoms. The Bertz CT molecular complexity index is 591. The summed E-state index contributed by atoms with van der Waals surface area (Å²) in [5.74, 6) is -0.568. The van der Waals surface area contributed by atoms with Crippen molar-refractivity contribution in [3.8, 4) is 0 Å². The summed E-state index contributed by atoms with van der Waals surface area (Å²) < 4.78 is 19.1. The predicted octanol–water partition coefficient (Wildman–Crippen LogP) is 4.00. The largest absolute Gasteiger partial charge is 0.379 e. The van der Waals surface area contributed by atoms with E-state index >= 15 is 0 Å². The molecule has 1 aliphatic heterocycles. The van der Waals surface area contributed by atoms with E-state index in [1.165, 1.54) is 6.07 Å². The van der Waals surface area contributed by atoms with Crippen molar-refractivity contribution in [1.29, 1.82) is 0 Å². The number of morpholine rings is 1. The molecule has 0 spiro atoms. The van der Waals surface area contributed by atoms with Crippen molar-refractivity contribution in [3.05, 3.63) is 33.6 Å². The summed E-state index contributed by atoms with van der Waals surface area (Å²) in [5, 5.41) is 2.97. The quantitative estimate of drug-likeness (QED) is 0.715. The standard InChI is InChI=1S/C18H25Cl2FN2O2/c1-3-12(4-2)17(23-5-7-25-8-6-23)11-22-18(24)13-9-16(21)15(20)10-14(13)19/h9-10,12,17H,3-8,11H2,1-2H3,(H,22,24)/t17-/m0/s1. The Hall–Kier alpha value is -0.880. The molecule has 25 heavy (non-hydrogen) atoms. The van der Waals surface area contributed by atoms with Crippen molar-refractivity contribution in [2.45, 2.75) is 32.7 Å². The van der Waals surface area contributed by atoms with Gasteiger partial charge in [0.15, 0.2) is 0 Å². The molecule has 7 heteroatoms. The molecule has 2 rings (SSSR count). The van der Waals surface area contributed by atoms with Crippen LogP contribution in [0, 0.1) is 11.7 Å². The van der Waals surface area contributed by atoms with Crippen molar-refractivity contribution >= 4 is 29.1 Å². The van der Waals surface area contributed by atoms with Crippen LogP contribution in [0.4, 0.5) is 4.39 Å². The summed E-state index contributed by atoms with van der Waals surface area (Å²) >= 11 is 11.7. The first-order valence-corrected chi connectivity index (χ1v) is 9.48. The van der Waals surface area contributed by atoms with Crippen LogP contribution in [0.1, 0.15) is 37.0 Å². The van der Waals surface area contributed by atoms with Crippen LogP contribution in [0.5, 0.6) is 0 Å². The summed E-state index contributed by atoms with van der Waals surface area (Å²) in [5.41, 5.74) is 0.105. The van der Waals surface area contributed by atoms with Crippen molar-refractivity contribution < 1.29 is 13.9 Å². The van der Waals surface area contributed by atoms with Crippen LogP contribution in [0.15, 0.2) is 12.1 Å². The number of rotatable bonds is 7. The van der Waals surface area contributed by atoms with Crippen LogP contribution < -0.4 is 5.32 Å². The van der Waals surface area contributed by atoms with E-state index in [0.717, 1.165) is 32.0 Å². The third-order valence-electron chi connectivity index (χ3n) is 4.83. The zero-order chi connectivity index (χ0) is 18.4. The first-order chi connectivity index (χ1) is 12.0. The van der Waals surface area contributed by atoms with E-state index in [9.17, 15) is 9.18 Å². The molecule has 0 aliphatic carbocycles. The SMILES string of the molecule is CCC(CC)[C@H](CNC(=O)c1cc(F)c(Cl)cc1Cl)N1CCOCC1. The van der Waals surface area contributed by atoms with E-state index < -0.39 is 5.82 Å². The lowest BCUT2D eigenvalue weighted by molar-refractivity contribution is 0.00191. The van der Waals surface area contributed by atoms with Gasteiger partial charge in [0.05, 0.1) is 28.8 Å². The van der Waals surface area contributed by atoms with Crippen molar-refractivity contribution in [3.63, 3.8) is 0 Å². The molecule has 0 aromatic heterocycles. The molecule has 4 nitrogen and oxygen atoms in total. The zero-order valence-corrected chi connectivity index (χ0v) is 16.2. The van der Waals surface area contributed by atoms with E-state index in [1.807, 2.05) is 0 Å². The van der Waals surface area contributed by atoms with Gasteiger partial charge >= 0.3 is 0 Å². The highest BCUT2D eigenvalue weighted by molar-refractivity contribution is 6.36. The third kappa shape index (κ3) is 5.30. The van der Waals surface area contributed by atoms with E-state index in [4.69, 9.17) is 27.9 Å². The topological polar surface area (TPSA) is 41.6 Å². The molecule has 140 valence electrons. The van der Waals surface area contributed by atoms with Gasteiger partial charge in [-0.3, -0.25) is 9.69 Å². The number of nitrogens with one attached hydrogen (secondary N) is 1. The first-order valence-electron chi connectivity index (χ1n) is 8.72. The molecule has 0 radical (unpaired) electrons. The number of hydrogen-bond donors (Lipinski definition) is 1. The van der Waals surface area contributed by atoms with E-state index in [0.29, 0.717) is 25.7 Å². The summed E-state index contributed by atoms with van der Waals surface area (Å²) in [7, 11) is 0. The van der Waals surface area contributed by atoms with Crippen molar-refractivity contribution in [1.82, 2.24) is 10.2 Å². The number of benzene rings is 1. The minimum atomic E-state index is -0.652. The average molecular weight is 391 g/mol. The predicted molar refractivity (Wildman–Crippen MR) is 99.0 cm³/mol. The number of carbonyl (C=O) groups excluding carboxylic acids is 1. The maximum absolute atomic E-state index is 13.7. The lowest BCUT2D eigenvalue weighted by Crippen LogP contribution is -2.52. The highest BCUT2D eigenvalue weighted by Crippen LogP contribution is 2.25. The highest BCUT2D eigenvalue weighted by Gasteiger charge is 2.27. The Morgan fingerprint density at radius 1 is 1.24 bits per heavy atom. The monoisotopic (exact) mass is 390 g/mol. The van der Waals surface area contributed by atoms with Gasteiger partial charge in [0.2, 0.25) is 0 Å². The summed E-state index contributed by atoms with van der Waals surface area (Å²) in [6, 6.07) is 2.56. The summed E-state index contributed by atoms with van der Waals surface area (Å²) in [6.45, 7) is 7.94. The van der Waals surface area contributed by atoms with Gasteiger partial charge in [-0.2, -0.15) is 0 Å². The lowest BCUT2D eigenvalue weighted by atomic mass is 9.92. The maximum atomic E-state index is 13.7. The Balaban J connectivity index is 2.08. The van der Waals surface area contributed by atoms with Crippen LogP contribution in [0.25, 0.3) is 0 Å². The average Bonchev–Trinajstić information content (AvgIpc) is 2.62. The fourth-order valence-electron chi connectivity index (χ4n) is 3.32. The van der Waals surface area contributed by atoms with Crippen LogP contribution in [-0.2, 0) is 4.74 Å². The van der Waals surface area contributed by atoms with Gasteiger partial charge in [0.1, 0.15) is 5.82 Å². The highest BCUT2D eigenvalue weighted by atomic mass is 35.5. The molecule has 1 N–H and O–H groups in total. The molecular weight excluding hydrogens is 366 g/mol. The Kier molecular flexibility index (Phi) is 7.94. The van der Waals surface area contributed by atoms with E-state index in [-0.39, 0.29) is 27.6 Å². The second kappa shape index (κ2) is 9.72. The molecule has 1 saturated heterocycles. The Morgan fingerprint density at radius 2 is 1.88 bits per heavy atom. The molecule has 0 saturated carbocycles. The minimum absolute atomic E-state index is 0.0928. The van der Waals surface area contributed by atoms with Crippen molar-refractivity contribution in [2.24, 2.45) is 5.92 Å². The number of amides is 1. The zero-order valence-electron chi connectivity index (χ0n) is 14.7. The molecule has 0 unspecified atom stereocenters. The number of nitrogens with zero attached hydrogens (tertiary/aromatic N) is 1. The second-order valence-corrected chi connectivity index (χ2v) is 7.06. The normalized spacial score (nSPS) is 16.9. The van der Waals surface area contributed by atoms with Gasteiger partial charge in [-0.25, -0.2) is 4.39 Å². The van der Waals surface area contributed by atoms with Gasteiger partial charge in [0, 0.05) is 25.7 Å². The molecule has 1 aromatic rings. The Morgan fingerprint density at radius 3 is 2.48 bits per heavy atom. The molecule has 1 atom stereocenters. The molecule has 1 aliphatic rings. The smallest absolute Gasteiger partial charge is 0.252 e. The second-order valence-electron chi connectivity index (χ2n) is 6.25. The van der Waals surface area contributed by atoms with Gasteiger partial charge in [-0.15, -0.1) is 0 Å². The Labute approximate surface area is 158 Å².